The number of nitrogens with one attached hydrogen (secondary N) is 1. The van der Waals surface area contributed by atoms with Crippen LogP contribution in [0.3, 0.4) is 0 Å². The van der Waals surface area contributed by atoms with Gasteiger partial charge in [0, 0.05) is 42.3 Å². The van der Waals surface area contributed by atoms with Crippen molar-refractivity contribution in [2.75, 3.05) is 19.1 Å². The fourth-order valence-electron chi connectivity index (χ4n) is 5.45. The number of methoxy groups -OCH3 is 1. The van der Waals surface area contributed by atoms with Gasteiger partial charge < -0.3 is 19.7 Å². The number of carbonyl (C=O) groups excluding carboxylic acids is 2. The molecule has 192 valence electrons. The summed E-state index contributed by atoms with van der Waals surface area (Å²) in [4.78, 5) is 31.5. The Morgan fingerprint density at radius 1 is 1.19 bits per heavy atom. The van der Waals surface area contributed by atoms with E-state index in [2.05, 4.69) is 39.1 Å². The zero-order chi connectivity index (χ0) is 25.1. The highest BCUT2D eigenvalue weighted by Gasteiger charge is 2.40. The molecule has 8 heteroatoms. The van der Waals surface area contributed by atoms with Crippen molar-refractivity contribution >= 4 is 35.6 Å². The molecule has 2 amide bonds. The van der Waals surface area contributed by atoms with Crippen LogP contribution in [-0.4, -0.2) is 48.9 Å². The zero-order valence-corrected chi connectivity index (χ0v) is 22.5. The van der Waals surface area contributed by atoms with E-state index >= 15 is 0 Å². The van der Waals surface area contributed by atoms with Gasteiger partial charge in [0.15, 0.2) is 11.5 Å². The summed E-state index contributed by atoms with van der Waals surface area (Å²) < 4.78 is 12.0. The number of carbonyl (C=O) groups is 2. The number of hydrogen-bond donors (Lipinski definition) is 1. The van der Waals surface area contributed by atoms with Crippen LogP contribution >= 0.6 is 12.4 Å². The summed E-state index contributed by atoms with van der Waals surface area (Å²) in [5.41, 5.74) is 5.44. The third-order valence-corrected chi connectivity index (χ3v) is 7.03. The van der Waals surface area contributed by atoms with Gasteiger partial charge in [0.25, 0.3) is 0 Å². The number of rotatable bonds is 4. The summed E-state index contributed by atoms with van der Waals surface area (Å²) in [6, 6.07) is 9.54. The standard InChI is InChI=1S/C28H33N3O4.ClH/c1-27(2)14-17-13-21(34-6)25-19(15-28(3,4)35-25)23(17)24(30-27)16-8-7-9-18(12-16)31(5)26(33)20-10-11-22(32)29-20;/h7-9,12-13,20H,10-11,14-15H2,1-6H3,(H,29,32);1H. The lowest BCUT2D eigenvalue weighted by Gasteiger charge is -2.31. The van der Waals surface area contributed by atoms with Gasteiger partial charge in [-0.05, 0) is 64.3 Å². The zero-order valence-electron chi connectivity index (χ0n) is 21.7. The maximum absolute atomic E-state index is 13.0. The second-order valence-electron chi connectivity index (χ2n) is 11.0. The minimum absolute atomic E-state index is 0. The normalized spacial score (nSPS) is 20.8. The predicted molar refractivity (Wildman–Crippen MR) is 143 cm³/mol. The first-order valence-electron chi connectivity index (χ1n) is 12.2. The Kier molecular flexibility index (Phi) is 6.58. The highest BCUT2D eigenvalue weighted by molar-refractivity contribution is 6.16. The van der Waals surface area contributed by atoms with Crippen LogP contribution in [0.5, 0.6) is 11.5 Å². The molecule has 1 fully saturated rings. The second-order valence-corrected chi connectivity index (χ2v) is 11.0. The molecule has 0 aromatic heterocycles. The lowest BCUT2D eigenvalue weighted by atomic mass is 9.81. The SMILES string of the molecule is COc1cc2c(c3c1OC(C)(C)C3)C(c1cccc(N(C)C(=O)C3CCC(=O)N3)c1)=NC(C)(C)C2.Cl. The van der Waals surface area contributed by atoms with Crippen molar-refractivity contribution in [1.82, 2.24) is 5.32 Å². The number of amides is 2. The molecule has 5 rings (SSSR count). The summed E-state index contributed by atoms with van der Waals surface area (Å²) in [6.45, 7) is 8.45. The number of ether oxygens (including phenoxy) is 2. The minimum atomic E-state index is -0.474. The van der Waals surface area contributed by atoms with Gasteiger partial charge in [-0.2, -0.15) is 0 Å². The molecular weight excluding hydrogens is 478 g/mol. The Balaban J connectivity index is 0.00000304. The van der Waals surface area contributed by atoms with Crippen LogP contribution in [0.2, 0.25) is 0 Å². The number of anilines is 1. The second kappa shape index (κ2) is 9.11. The molecule has 1 atom stereocenters. The van der Waals surface area contributed by atoms with E-state index in [1.165, 1.54) is 5.56 Å². The molecule has 2 aromatic rings. The fourth-order valence-corrected chi connectivity index (χ4v) is 5.45. The van der Waals surface area contributed by atoms with Crippen LogP contribution in [-0.2, 0) is 22.4 Å². The molecule has 0 aliphatic carbocycles. The van der Waals surface area contributed by atoms with E-state index in [1.807, 2.05) is 24.3 Å². The van der Waals surface area contributed by atoms with Crippen LogP contribution in [0.25, 0.3) is 0 Å². The third kappa shape index (κ3) is 4.57. The number of halogens is 1. The molecule has 3 aliphatic heterocycles. The van der Waals surface area contributed by atoms with E-state index < -0.39 is 6.04 Å². The van der Waals surface area contributed by atoms with Crippen molar-refractivity contribution in [3.05, 3.63) is 52.6 Å². The van der Waals surface area contributed by atoms with Gasteiger partial charge in [-0.3, -0.25) is 14.6 Å². The summed E-state index contributed by atoms with van der Waals surface area (Å²) in [6.07, 6.45) is 2.48. The number of hydrogen-bond acceptors (Lipinski definition) is 5. The molecule has 0 spiro atoms. The molecule has 0 radical (unpaired) electrons. The molecule has 3 heterocycles. The van der Waals surface area contributed by atoms with Crippen molar-refractivity contribution in [2.24, 2.45) is 4.99 Å². The third-order valence-electron chi connectivity index (χ3n) is 7.03. The van der Waals surface area contributed by atoms with E-state index in [-0.39, 0.29) is 35.4 Å². The number of likely N-dealkylation sites (N-methyl/N-ethyl adjacent to an activating group) is 1. The summed E-state index contributed by atoms with van der Waals surface area (Å²) >= 11 is 0. The molecule has 0 saturated carbocycles. The minimum Gasteiger partial charge on any atom is -0.493 e. The van der Waals surface area contributed by atoms with Gasteiger partial charge in [-0.25, -0.2) is 0 Å². The van der Waals surface area contributed by atoms with E-state index in [1.54, 1.807) is 19.1 Å². The lowest BCUT2D eigenvalue weighted by Crippen LogP contribution is -2.42. The molecular formula is C28H34ClN3O4. The average Bonchev–Trinajstić information content (AvgIpc) is 3.38. The quantitative estimate of drug-likeness (QED) is 0.665. The number of fused-ring (bicyclic) bond motifs is 3. The lowest BCUT2D eigenvalue weighted by molar-refractivity contribution is -0.123. The predicted octanol–water partition coefficient (Wildman–Crippen LogP) is 4.24. The number of aliphatic imine (C=N–C) groups is 1. The molecule has 2 aromatic carbocycles. The van der Waals surface area contributed by atoms with E-state index in [0.29, 0.717) is 12.8 Å². The highest BCUT2D eigenvalue weighted by atomic mass is 35.5. The Bertz CT molecular complexity index is 1270. The van der Waals surface area contributed by atoms with Gasteiger partial charge in [-0.1, -0.05) is 12.1 Å². The van der Waals surface area contributed by atoms with Crippen molar-refractivity contribution in [1.29, 1.82) is 0 Å². The topological polar surface area (TPSA) is 80.2 Å². The van der Waals surface area contributed by atoms with Crippen LogP contribution < -0.4 is 19.7 Å². The Morgan fingerprint density at radius 3 is 2.61 bits per heavy atom. The smallest absolute Gasteiger partial charge is 0.249 e. The fraction of sp³-hybridized carbons (Fsp3) is 0.464. The van der Waals surface area contributed by atoms with Crippen molar-refractivity contribution in [2.45, 2.75) is 70.6 Å². The maximum atomic E-state index is 13.0. The van der Waals surface area contributed by atoms with Crippen LogP contribution in [0, 0.1) is 0 Å². The highest BCUT2D eigenvalue weighted by Crippen LogP contribution is 2.48. The van der Waals surface area contributed by atoms with Gasteiger partial charge in [0.2, 0.25) is 11.8 Å². The Hall–Kier alpha value is -3.06. The van der Waals surface area contributed by atoms with Crippen molar-refractivity contribution in [3.8, 4) is 11.5 Å². The van der Waals surface area contributed by atoms with E-state index in [4.69, 9.17) is 14.5 Å². The molecule has 3 aliphatic rings. The van der Waals surface area contributed by atoms with Gasteiger partial charge >= 0.3 is 0 Å². The average molecular weight is 512 g/mol. The molecule has 36 heavy (non-hydrogen) atoms. The Labute approximate surface area is 218 Å². The van der Waals surface area contributed by atoms with Crippen LogP contribution in [0.1, 0.15) is 62.8 Å². The number of benzene rings is 2. The van der Waals surface area contributed by atoms with Crippen LogP contribution in [0.4, 0.5) is 5.69 Å². The van der Waals surface area contributed by atoms with Gasteiger partial charge in [0.1, 0.15) is 11.6 Å². The Morgan fingerprint density at radius 2 is 1.94 bits per heavy atom. The first kappa shape index (κ1) is 26.0. The molecule has 1 N–H and O–H groups in total. The monoisotopic (exact) mass is 511 g/mol. The maximum Gasteiger partial charge on any atom is 0.249 e. The summed E-state index contributed by atoms with van der Waals surface area (Å²) in [5.74, 6) is 1.37. The molecule has 7 nitrogen and oxygen atoms in total. The van der Waals surface area contributed by atoms with Crippen LogP contribution in [0.15, 0.2) is 35.3 Å². The largest absolute Gasteiger partial charge is 0.493 e. The first-order chi connectivity index (χ1) is 16.5. The summed E-state index contributed by atoms with van der Waals surface area (Å²) in [5, 5.41) is 2.77. The first-order valence-corrected chi connectivity index (χ1v) is 12.2. The van der Waals surface area contributed by atoms with Gasteiger partial charge in [-0.15, -0.1) is 12.4 Å². The number of nitrogens with zero attached hydrogens (tertiary/aromatic N) is 2. The summed E-state index contributed by atoms with van der Waals surface area (Å²) in [7, 11) is 3.44. The van der Waals surface area contributed by atoms with Crippen molar-refractivity contribution < 1.29 is 19.1 Å². The van der Waals surface area contributed by atoms with E-state index in [9.17, 15) is 9.59 Å². The van der Waals surface area contributed by atoms with Crippen molar-refractivity contribution in [3.63, 3.8) is 0 Å². The van der Waals surface area contributed by atoms with E-state index in [0.717, 1.165) is 52.4 Å². The molecule has 1 unspecified atom stereocenters. The molecule has 1 saturated heterocycles. The molecule has 0 bridgehead atoms. The van der Waals surface area contributed by atoms with Gasteiger partial charge in [0.05, 0.1) is 18.4 Å².